The Labute approximate surface area is 175 Å². The molecule has 0 spiro atoms. The van der Waals surface area contributed by atoms with Crippen LogP contribution < -0.4 is 4.72 Å². The molecule has 1 N–H and O–H groups in total. The number of hydrogen-bond acceptors (Lipinski definition) is 3. The first-order chi connectivity index (χ1) is 13.7. The molecule has 0 aromatic heterocycles. The van der Waals surface area contributed by atoms with Crippen LogP contribution in [0.4, 0.5) is 5.69 Å². The van der Waals surface area contributed by atoms with Crippen molar-refractivity contribution < 1.29 is 8.42 Å². The summed E-state index contributed by atoms with van der Waals surface area (Å²) in [5, 5.41) is 0. The predicted molar refractivity (Wildman–Crippen MR) is 123 cm³/mol. The molecule has 6 heteroatoms. The molecule has 156 valence electrons. The Morgan fingerprint density at radius 3 is 2.31 bits per heavy atom. The standard InChI is InChI=1S/C23H31N3O2S/c1-6-26(18-21-11-8-7-9-12-21)20(3)16-15-19(2)22-13-10-14-23(17-22)24-29(27,28)25(4)5/h7-17,24H,6,18H2,1-5H3. The molecule has 0 aliphatic rings. The van der Waals surface area contributed by atoms with Crippen LogP contribution in [-0.4, -0.2) is 38.3 Å². The lowest BCUT2D eigenvalue weighted by Crippen LogP contribution is -2.28. The van der Waals surface area contributed by atoms with Crippen molar-refractivity contribution in [3.63, 3.8) is 0 Å². The molecule has 0 radical (unpaired) electrons. The number of nitrogens with one attached hydrogen (secondary N) is 1. The fourth-order valence-corrected chi connectivity index (χ4v) is 3.41. The van der Waals surface area contributed by atoms with Gasteiger partial charge in [-0.2, -0.15) is 12.7 Å². The zero-order chi connectivity index (χ0) is 21.4. The van der Waals surface area contributed by atoms with E-state index in [4.69, 9.17) is 0 Å². The number of hydrogen-bond donors (Lipinski definition) is 1. The second-order valence-corrected chi connectivity index (χ2v) is 9.01. The normalized spacial score (nSPS) is 12.9. The first kappa shape index (κ1) is 22.7. The van der Waals surface area contributed by atoms with E-state index in [0.717, 1.165) is 28.5 Å². The smallest absolute Gasteiger partial charge is 0.301 e. The number of benzene rings is 2. The summed E-state index contributed by atoms with van der Waals surface area (Å²) in [6.07, 6.45) is 4.18. The second kappa shape index (κ2) is 10.3. The first-order valence-electron chi connectivity index (χ1n) is 9.67. The van der Waals surface area contributed by atoms with Crippen LogP contribution >= 0.6 is 0 Å². The fourth-order valence-electron chi connectivity index (χ4n) is 2.81. The van der Waals surface area contributed by atoms with E-state index in [0.29, 0.717) is 5.69 Å². The first-order valence-corrected chi connectivity index (χ1v) is 11.1. The van der Waals surface area contributed by atoms with Crippen LogP contribution in [0.5, 0.6) is 0 Å². The summed E-state index contributed by atoms with van der Waals surface area (Å²) in [6, 6.07) is 17.8. The third-order valence-corrected chi connectivity index (χ3v) is 6.17. The molecule has 5 nitrogen and oxygen atoms in total. The average molecular weight is 414 g/mol. The number of anilines is 1. The van der Waals surface area contributed by atoms with Gasteiger partial charge in [0.25, 0.3) is 0 Å². The summed E-state index contributed by atoms with van der Waals surface area (Å²) in [4.78, 5) is 2.32. The molecule has 0 bridgehead atoms. The summed E-state index contributed by atoms with van der Waals surface area (Å²) in [6.45, 7) is 8.08. The van der Waals surface area contributed by atoms with Gasteiger partial charge in [0.05, 0.1) is 5.69 Å². The van der Waals surface area contributed by atoms with Crippen molar-refractivity contribution in [1.82, 2.24) is 9.21 Å². The second-order valence-electron chi connectivity index (χ2n) is 7.13. The molecule has 0 amide bonds. The monoisotopic (exact) mass is 413 g/mol. The van der Waals surface area contributed by atoms with Crippen molar-refractivity contribution in [3.8, 4) is 0 Å². The lowest BCUT2D eigenvalue weighted by molar-refractivity contribution is 0.356. The largest absolute Gasteiger partial charge is 0.371 e. The van der Waals surface area contributed by atoms with Crippen molar-refractivity contribution in [2.45, 2.75) is 27.3 Å². The van der Waals surface area contributed by atoms with Crippen molar-refractivity contribution in [3.05, 3.63) is 83.6 Å². The summed E-state index contributed by atoms with van der Waals surface area (Å²) >= 11 is 0. The maximum atomic E-state index is 12.0. The number of allylic oxidation sites excluding steroid dienone is 4. The Morgan fingerprint density at radius 1 is 1.00 bits per heavy atom. The van der Waals surface area contributed by atoms with Gasteiger partial charge in [0.2, 0.25) is 0 Å². The molecule has 2 aromatic carbocycles. The van der Waals surface area contributed by atoms with Crippen LogP contribution in [0.3, 0.4) is 0 Å². The molecular weight excluding hydrogens is 382 g/mol. The van der Waals surface area contributed by atoms with Gasteiger partial charge < -0.3 is 4.90 Å². The average Bonchev–Trinajstić information content (AvgIpc) is 2.70. The van der Waals surface area contributed by atoms with E-state index in [9.17, 15) is 8.42 Å². The third kappa shape index (κ3) is 6.76. The van der Waals surface area contributed by atoms with Crippen LogP contribution in [0.15, 0.2) is 72.4 Å². The lowest BCUT2D eigenvalue weighted by atomic mass is 10.1. The highest BCUT2D eigenvalue weighted by Crippen LogP contribution is 2.20. The van der Waals surface area contributed by atoms with Crippen molar-refractivity contribution in [2.75, 3.05) is 25.4 Å². The molecule has 0 atom stereocenters. The van der Waals surface area contributed by atoms with Crippen LogP contribution in [0, 0.1) is 0 Å². The topological polar surface area (TPSA) is 52.7 Å². The Morgan fingerprint density at radius 2 is 1.69 bits per heavy atom. The van der Waals surface area contributed by atoms with Gasteiger partial charge in [-0.05, 0) is 55.7 Å². The van der Waals surface area contributed by atoms with E-state index in [1.807, 2.05) is 31.2 Å². The van der Waals surface area contributed by atoms with E-state index in [1.165, 1.54) is 25.4 Å². The molecule has 0 unspecified atom stereocenters. The van der Waals surface area contributed by atoms with Gasteiger partial charge in [-0.1, -0.05) is 48.5 Å². The highest BCUT2D eigenvalue weighted by Gasteiger charge is 2.13. The SMILES string of the molecule is CCN(Cc1ccccc1)C(C)=CC=C(C)c1cccc(NS(=O)(=O)N(C)C)c1. The third-order valence-electron chi connectivity index (χ3n) is 4.72. The van der Waals surface area contributed by atoms with Crippen LogP contribution in [0.25, 0.3) is 5.57 Å². The summed E-state index contributed by atoms with van der Waals surface area (Å²) < 4.78 is 27.8. The molecule has 0 saturated carbocycles. The number of rotatable bonds is 9. The minimum Gasteiger partial charge on any atom is -0.371 e. The van der Waals surface area contributed by atoms with E-state index < -0.39 is 10.2 Å². The van der Waals surface area contributed by atoms with Gasteiger partial charge in [0, 0.05) is 32.9 Å². The van der Waals surface area contributed by atoms with Crippen LogP contribution in [0.1, 0.15) is 31.9 Å². The zero-order valence-electron chi connectivity index (χ0n) is 17.9. The summed E-state index contributed by atoms with van der Waals surface area (Å²) in [7, 11) is -0.519. The Bertz CT molecular complexity index is 965. The summed E-state index contributed by atoms with van der Waals surface area (Å²) in [5.41, 5.74) is 5.04. The molecule has 0 heterocycles. The van der Waals surface area contributed by atoms with Gasteiger partial charge in [-0.25, -0.2) is 0 Å². The molecule has 0 saturated heterocycles. The van der Waals surface area contributed by atoms with Crippen LogP contribution in [-0.2, 0) is 16.8 Å². The predicted octanol–water partition coefficient (Wildman–Crippen LogP) is 4.73. The Kier molecular flexibility index (Phi) is 8.05. The Balaban J connectivity index is 2.16. The van der Waals surface area contributed by atoms with Gasteiger partial charge in [-0.3, -0.25) is 4.72 Å². The Hall–Kier alpha value is -2.57. The molecule has 2 aromatic rings. The van der Waals surface area contributed by atoms with E-state index in [2.05, 4.69) is 59.9 Å². The fraction of sp³-hybridized carbons (Fsp3) is 0.304. The summed E-state index contributed by atoms with van der Waals surface area (Å²) in [5.74, 6) is 0. The minimum absolute atomic E-state index is 0.545. The number of nitrogens with zero attached hydrogens (tertiary/aromatic N) is 2. The molecule has 0 aliphatic heterocycles. The van der Waals surface area contributed by atoms with Crippen molar-refractivity contribution >= 4 is 21.5 Å². The highest BCUT2D eigenvalue weighted by molar-refractivity contribution is 7.90. The van der Waals surface area contributed by atoms with Gasteiger partial charge >= 0.3 is 10.2 Å². The molecular formula is C23H31N3O2S. The zero-order valence-corrected chi connectivity index (χ0v) is 18.7. The van der Waals surface area contributed by atoms with Crippen LogP contribution in [0.2, 0.25) is 0 Å². The maximum absolute atomic E-state index is 12.0. The van der Waals surface area contributed by atoms with Crippen molar-refractivity contribution in [1.29, 1.82) is 0 Å². The van der Waals surface area contributed by atoms with Crippen molar-refractivity contribution in [2.24, 2.45) is 0 Å². The van der Waals surface area contributed by atoms with Gasteiger partial charge in [-0.15, -0.1) is 0 Å². The van der Waals surface area contributed by atoms with E-state index >= 15 is 0 Å². The minimum atomic E-state index is -3.52. The van der Waals surface area contributed by atoms with E-state index in [-0.39, 0.29) is 0 Å². The lowest BCUT2D eigenvalue weighted by Gasteiger charge is -2.23. The molecule has 29 heavy (non-hydrogen) atoms. The highest BCUT2D eigenvalue weighted by atomic mass is 32.2. The van der Waals surface area contributed by atoms with Gasteiger partial charge in [0.15, 0.2) is 0 Å². The quantitative estimate of drug-likeness (QED) is 0.605. The molecule has 0 fully saturated rings. The molecule has 2 rings (SSSR count). The van der Waals surface area contributed by atoms with Gasteiger partial charge in [0.1, 0.15) is 0 Å². The van der Waals surface area contributed by atoms with E-state index in [1.54, 1.807) is 6.07 Å². The maximum Gasteiger partial charge on any atom is 0.301 e. The molecule has 0 aliphatic carbocycles.